The van der Waals surface area contributed by atoms with Crippen LogP contribution in [0.25, 0.3) is 0 Å². The average Bonchev–Trinajstić information content (AvgIpc) is 2.17. The number of carboxylic acid groups (broad SMARTS) is 1. The zero-order chi connectivity index (χ0) is 10.1. The molecule has 3 atom stereocenters. The lowest BCUT2D eigenvalue weighted by atomic mass is 9.73. The third-order valence-corrected chi connectivity index (χ3v) is 2.95. The number of allylic oxidation sites excluding steroid dienone is 2. The van der Waals surface area contributed by atoms with Crippen LogP contribution in [0.2, 0.25) is 0 Å². The number of rotatable bonds is 1. The van der Waals surface area contributed by atoms with Crippen LogP contribution < -0.4 is 0 Å². The Morgan fingerprint density at radius 1 is 1.57 bits per heavy atom. The second kappa shape index (κ2) is 3.44. The molecule has 1 saturated heterocycles. The first-order chi connectivity index (χ1) is 6.70. The van der Waals surface area contributed by atoms with Gasteiger partial charge in [-0.15, -0.1) is 0 Å². The van der Waals surface area contributed by atoms with Crippen molar-refractivity contribution in [2.24, 2.45) is 17.8 Å². The van der Waals surface area contributed by atoms with Gasteiger partial charge in [0.2, 0.25) is 0 Å². The van der Waals surface area contributed by atoms with Crippen molar-refractivity contribution in [1.82, 2.24) is 0 Å². The van der Waals surface area contributed by atoms with Gasteiger partial charge >= 0.3 is 11.9 Å². The molecule has 0 aromatic heterocycles. The average molecular weight is 196 g/mol. The second-order valence-corrected chi connectivity index (χ2v) is 3.75. The Kier molecular flexibility index (Phi) is 2.27. The van der Waals surface area contributed by atoms with Crippen LogP contribution in [0, 0.1) is 17.8 Å². The van der Waals surface area contributed by atoms with Crippen molar-refractivity contribution in [1.29, 1.82) is 0 Å². The van der Waals surface area contributed by atoms with Crippen LogP contribution in [-0.4, -0.2) is 23.7 Å². The van der Waals surface area contributed by atoms with E-state index in [0.29, 0.717) is 13.0 Å². The van der Waals surface area contributed by atoms with E-state index < -0.39 is 17.8 Å². The fourth-order valence-electron chi connectivity index (χ4n) is 2.23. The molecule has 4 heteroatoms. The van der Waals surface area contributed by atoms with E-state index in [9.17, 15) is 9.59 Å². The number of fused-ring (bicyclic) bond motifs is 1. The molecule has 0 amide bonds. The molecular weight excluding hydrogens is 184 g/mol. The van der Waals surface area contributed by atoms with Gasteiger partial charge in [-0.1, -0.05) is 12.2 Å². The van der Waals surface area contributed by atoms with Crippen molar-refractivity contribution < 1.29 is 19.4 Å². The molecule has 0 radical (unpaired) electrons. The highest BCUT2D eigenvalue weighted by Crippen LogP contribution is 2.36. The summed E-state index contributed by atoms with van der Waals surface area (Å²) < 4.78 is 4.89. The van der Waals surface area contributed by atoms with Gasteiger partial charge in [0.15, 0.2) is 0 Å². The maximum atomic E-state index is 11.4. The van der Waals surface area contributed by atoms with Crippen molar-refractivity contribution in [3.05, 3.63) is 12.2 Å². The molecule has 1 aliphatic heterocycles. The molecule has 14 heavy (non-hydrogen) atoms. The third kappa shape index (κ3) is 1.41. The number of carbonyl (C=O) groups excluding carboxylic acids is 1. The molecule has 0 saturated carbocycles. The summed E-state index contributed by atoms with van der Waals surface area (Å²) >= 11 is 0. The fourth-order valence-corrected chi connectivity index (χ4v) is 2.23. The predicted octanol–water partition coefficient (Wildman–Crippen LogP) is 0.826. The number of esters is 1. The monoisotopic (exact) mass is 196 g/mol. The molecule has 76 valence electrons. The second-order valence-electron chi connectivity index (χ2n) is 3.75. The van der Waals surface area contributed by atoms with Crippen LogP contribution in [0.3, 0.4) is 0 Å². The third-order valence-electron chi connectivity index (χ3n) is 2.95. The van der Waals surface area contributed by atoms with E-state index in [2.05, 4.69) is 0 Å². The van der Waals surface area contributed by atoms with Gasteiger partial charge in [0, 0.05) is 0 Å². The molecule has 1 heterocycles. The topological polar surface area (TPSA) is 63.6 Å². The minimum Gasteiger partial charge on any atom is -0.481 e. The Morgan fingerprint density at radius 2 is 2.36 bits per heavy atom. The molecule has 1 fully saturated rings. The van der Waals surface area contributed by atoms with Crippen LogP contribution in [-0.2, 0) is 14.3 Å². The van der Waals surface area contributed by atoms with Gasteiger partial charge in [0.25, 0.3) is 0 Å². The van der Waals surface area contributed by atoms with E-state index in [1.807, 2.05) is 12.2 Å². The van der Waals surface area contributed by atoms with E-state index in [1.165, 1.54) is 0 Å². The van der Waals surface area contributed by atoms with E-state index in [4.69, 9.17) is 9.84 Å². The molecule has 1 N–H and O–H groups in total. The molecule has 2 rings (SSSR count). The number of ether oxygens (including phenoxy) is 1. The van der Waals surface area contributed by atoms with Crippen molar-refractivity contribution in [2.75, 3.05) is 6.61 Å². The number of aliphatic carboxylic acids is 1. The normalized spacial score (nSPS) is 36.0. The Labute approximate surface area is 81.6 Å². The molecular formula is C10H12O4. The summed E-state index contributed by atoms with van der Waals surface area (Å²) in [5.41, 5.74) is 0. The Bertz CT molecular complexity index is 294. The number of cyclic esters (lactones) is 1. The first-order valence-corrected chi connectivity index (χ1v) is 4.76. The quantitative estimate of drug-likeness (QED) is 0.498. The highest BCUT2D eigenvalue weighted by Gasteiger charge is 2.43. The number of carbonyl (C=O) groups is 2. The summed E-state index contributed by atoms with van der Waals surface area (Å²) in [5.74, 6) is -2.25. The summed E-state index contributed by atoms with van der Waals surface area (Å²) in [4.78, 5) is 22.3. The molecule has 0 spiro atoms. The SMILES string of the molecule is O=C(O)C1CC=CC2CCOC(=O)C21. The minimum atomic E-state index is -0.900. The zero-order valence-electron chi connectivity index (χ0n) is 7.68. The fraction of sp³-hybridized carbons (Fsp3) is 0.600. The van der Waals surface area contributed by atoms with Crippen LogP contribution >= 0.6 is 0 Å². The van der Waals surface area contributed by atoms with E-state index in [1.54, 1.807) is 0 Å². The number of hydrogen-bond donors (Lipinski definition) is 1. The maximum Gasteiger partial charge on any atom is 0.310 e. The first kappa shape index (κ1) is 9.24. The van der Waals surface area contributed by atoms with E-state index in [0.717, 1.165) is 6.42 Å². The molecule has 0 aromatic rings. The largest absolute Gasteiger partial charge is 0.481 e. The highest BCUT2D eigenvalue weighted by molar-refractivity contribution is 5.82. The molecule has 3 unspecified atom stereocenters. The molecule has 0 aromatic carbocycles. The van der Waals surface area contributed by atoms with E-state index in [-0.39, 0.29) is 11.9 Å². The van der Waals surface area contributed by atoms with Gasteiger partial charge in [-0.2, -0.15) is 0 Å². The minimum absolute atomic E-state index is 0.0612. The van der Waals surface area contributed by atoms with Crippen molar-refractivity contribution in [3.8, 4) is 0 Å². The zero-order valence-corrected chi connectivity index (χ0v) is 7.68. The lowest BCUT2D eigenvalue weighted by Crippen LogP contribution is -2.41. The summed E-state index contributed by atoms with van der Waals surface area (Å²) in [6.45, 7) is 0.413. The lowest BCUT2D eigenvalue weighted by molar-refractivity contribution is -0.165. The standard InChI is InChI=1S/C10H12O4/c11-9(12)7-3-1-2-6-4-5-14-10(13)8(6)7/h1-2,6-8H,3-5H2,(H,11,12). The Balaban J connectivity index is 2.25. The number of carboxylic acids is 1. The summed E-state index contributed by atoms with van der Waals surface area (Å²) in [6, 6.07) is 0. The highest BCUT2D eigenvalue weighted by atomic mass is 16.5. The van der Waals surface area contributed by atoms with Gasteiger partial charge < -0.3 is 9.84 Å². The maximum absolute atomic E-state index is 11.4. The number of hydrogen-bond acceptors (Lipinski definition) is 3. The smallest absolute Gasteiger partial charge is 0.310 e. The Hall–Kier alpha value is -1.32. The summed E-state index contributed by atoms with van der Waals surface area (Å²) in [5, 5.41) is 8.95. The predicted molar refractivity (Wildman–Crippen MR) is 47.4 cm³/mol. The van der Waals surface area contributed by atoms with Gasteiger partial charge in [-0.3, -0.25) is 9.59 Å². The van der Waals surface area contributed by atoms with Crippen molar-refractivity contribution in [2.45, 2.75) is 12.8 Å². The van der Waals surface area contributed by atoms with Crippen LogP contribution in [0.1, 0.15) is 12.8 Å². The molecule has 0 bridgehead atoms. The van der Waals surface area contributed by atoms with Gasteiger partial charge in [0.05, 0.1) is 18.4 Å². The van der Waals surface area contributed by atoms with Crippen LogP contribution in [0.15, 0.2) is 12.2 Å². The molecule has 4 nitrogen and oxygen atoms in total. The first-order valence-electron chi connectivity index (χ1n) is 4.76. The summed E-state index contributed by atoms with van der Waals surface area (Å²) in [6.07, 6.45) is 4.99. The van der Waals surface area contributed by atoms with Gasteiger partial charge in [-0.05, 0) is 18.8 Å². The molecule has 2 aliphatic rings. The van der Waals surface area contributed by atoms with Gasteiger partial charge in [-0.25, -0.2) is 0 Å². The van der Waals surface area contributed by atoms with Crippen LogP contribution in [0.4, 0.5) is 0 Å². The lowest BCUT2D eigenvalue weighted by Gasteiger charge is -2.34. The van der Waals surface area contributed by atoms with Gasteiger partial charge in [0.1, 0.15) is 0 Å². The molecule has 1 aliphatic carbocycles. The van der Waals surface area contributed by atoms with Crippen LogP contribution in [0.5, 0.6) is 0 Å². The Morgan fingerprint density at radius 3 is 3.07 bits per heavy atom. The van der Waals surface area contributed by atoms with E-state index >= 15 is 0 Å². The summed E-state index contributed by atoms with van der Waals surface area (Å²) in [7, 11) is 0. The van der Waals surface area contributed by atoms with Crippen molar-refractivity contribution >= 4 is 11.9 Å². The van der Waals surface area contributed by atoms with Crippen molar-refractivity contribution in [3.63, 3.8) is 0 Å².